The van der Waals surface area contributed by atoms with Crippen LogP contribution in [0.25, 0.3) is 0 Å². The summed E-state index contributed by atoms with van der Waals surface area (Å²) in [6, 6.07) is -0.296. The van der Waals surface area contributed by atoms with Gasteiger partial charge in [-0.3, -0.25) is 24.6 Å². The fourth-order valence-corrected chi connectivity index (χ4v) is 5.33. The number of hydrogen-bond acceptors (Lipinski definition) is 5. The van der Waals surface area contributed by atoms with Crippen molar-refractivity contribution in [2.24, 2.45) is 17.8 Å². The zero-order valence-corrected chi connectivity index (χ0v) is 15.3. The smallest absolute Gasteiger partial charge is 0.326 e. The van der Waals surface area contributed by atoms with Crippen molar-refractivity contribution in [1.82, 2.24) is 10.2 Å². The Hall–Kier alpha value is -1.95. The first kappa shape index (κ1) is 17.5. The molecule has 2 heterocycles. The van der Waals surface area contributed by atoms with Crippen LogP contribution in [0, 0.1) is 17.8 Å². The third-order valence-electron chi connectivity index (χ3n) is 6.60. The van der Waals surface area contributed by atoms with Gasteiger partial charge >= 0.3 is 5.97 Å². The van der Waals surface area contributed by atoms with E-state index in [0.717, 1.165) is 32.1 Å². The van der Waals surface area contributed by atoms with E-state index < -0.39 is 23.3 Å². The SMILES string of the molecule is COC(=O)C1(C)NC(C2C=CC=C2)C2C(=O)N(C3CCCCC3)C(=O)C21. The first-order chi connectivity index (χ1) is 12.5. The summed E-state index contributed by atoms with van der Waals surface area (Å²) in [4.78, 5) is 40.7. The van der Waals surface area contributed by atoms with Crippen molar-refractivity contribution in [2.75, 3.05) is 7.11 Å². The van der Waals surface area contributed by atoms with Crippen LogP contribution in [0.5, 0.6) is 0 Å². The van der Waals surface area contributed by atoms with Crippen LogP contribution in [0.4, 0.5) is 0 Å². The first-order valence-corrected chi connectivity index (χ1v) is 9.57. The molecule has 0 aromatic rings. The van der Waals surface area contributed by atoms with Crippen LogP contribution >= 0.6 is 0 Å². The molecule has 0 radical (unpaired) electrons. The number of imide groups is 1. The van der Waals surface area contributed by atoms with Gasteiger partial charge in [0, 0.05) is 18.0 Å². The highest BCUT2D eigenvalue weighted by Crippen LogP contribution is 2.47. The summed E-state index contributed by atoms with van der Waals surface area (Å²) in [6.07, 6.45) is 12.9. The Labute approximate surface area is 153 Å². The standard InChI is InChI=1S/C20H26N2O4/c1-20(19(25)26-2)15-14(16(21-20)12-8-6-7-9-12)17(23)22(18(15)24)13-10-4-3-5-11-13/h6-9,12-16,21H,3-5,10-11H2,1-2H3. The number of amides is 2. The molecule has 26 heavy (non-hydrogen) atoms. The number of carbonyl (C=O) groups excluding carboxylic acids is 3. The molecular formula is C20H26N2O4. The first-order valence-electron chi connectivity index (χ1n) is 9.57. The lowest BCUT2D eigenvalue weighted by Crippen LogP contribution is -2.56. The highest BCUT2D eigenvalue weighted by atomic mass is 16.5. The van der Waals surface area contributed by atoms with Crippen LogP contribution in [0.1, 0.15) is 39.0 Å². The second kappa shape index (κ2) is 6.34. The van der Waals surface area contributed by atoms with Crippen molar-refractivity contribution in [3.05, 3.63) is 24.3 Å². The Morgan fingerprint density at radius 2 is 1.81 bits per heavy atom. The van der Waals surface area contributed by atoms with E-state index in [2.05, 4.69) is 5.32 Å². The van der Waals surface area contributed by atoms with E-state index in [0.29, 0.717) is 0 Å². The van der Waals surface area contributed by atoms with Crippen molar-refractivity contribution in [3.63, 3.8) is 0 Å². The largest absolute Gasteiger partial charge is 0.468 e. The van der Waals surface area contributed by atoms with Gasteiger partial charge in [-0.2, -0.15) is 0 Å². The summed E-state index contributed by atoms with van der Waals surface area (Å²) < 4.78 is 5.00. The Kier molecular flexibility index (Phi) is 4.26. The molecule has 2 saturated heterocycles. The van der Waals surface area contributed by atoms with Gasteiger partial charge in [0.25, 0.3) is 0 Å². The van der Waals surface area contributed by atoms with E-state index in [1.54, 1.807) is 6.92 Å². The predicted octanol–water partition coefficient (Wildman–Crippen LogP) is 1.57. The Bertz CT molecular complexity index is 682. The number of ether oxygens (including phenoxy) is 1. The summed E-state index contributed by atoms with van der Waals surface area (Å²) in [6.45, 7) is 1.70. The van der Waals surface area contributed by atoms with E-state index in [4.69, 9.17) is 4.74 Å². The fraction of sp³-hybridized carbons (Fsp3) is 0.650. The number of esters is 1. The molecule has 1 saturated carbocycles. The molecule has 2 aliphatic heterocycles. The average molecular weight is 358 g/mol. The molecule has 6 heteroatoms. The van der Waals surface area contributed by atoms with Gasteiger partial charge in [-0.15, -0.1) is 0 Å². The van der Waals surface area contributed by atoms with Gasteiger partial charge < -0.3 is 4.74 Å². The maximum absolute atomic E-state index is 13.3. The molecule has 4 rings (SSSR count). The van der Waals surface area contributed by atoms with Crippen LogP contribution < -0.4 is 5.32 Å². The lowest BCUT2D eigenvalue weighted by Gasteiger charge is -2.34. The van der Waals surface area contributed by atoms with Crippen LogP contribution in [0.3, 0.4) is 0 Å². The highest BCUT2D eigenvalue weighted by Gasteiger charge is 2.68. The summed E-state index contributed by atoms with van der Waals surface area (Å²) >= 11 is 0. The minimum atomic E-state index is -1.18. The third kappa shape index (κ3) is 2.38. The van der Waals surface area contributed by atoms with Gasteiger partial charge in [0.15, 0.2) is 0 Å². The van der Waals surface area contributed by atoms with E-state index >= 15 is 0 Å². The molecule has 1 N–H and O–H groups in total. The summed E-state index contributed by atoms with van der Waals surface area (Å²) in [5.41, 5.74) is -1.18. The molecule has 0 spiro atoms. The minimum Gasteiger partial charge on any atom is -0.468 e. The lowest BCUT2D eigenvalue weighted by atomic mass is 9.79. The Morgan fingerprint density at radius 1 is 1.15 bits per heavy atom. The molecule has 2 aliphatic carbocycles. The minimum absolute atomic E-state index is 0.00274. The van der Waals surface area contributed by atoms with E-state index in [1.807, 2.05) is 24.3 Å². The number of allylic oxidation sites excluding steroid dienone is 2. The molecule has 4 aliphatic rings. The van der Waals surface area contributed by atoms with Crippen molar-refractivity contribution < 1.29 is 19.1 Å². The molecule has 4 unspecified atom stereocenters. The van der Waals surface area contributed by atoms with E-state index in [1.165, 1.54) is 12.0 Å². The fourth-order valence-electron chi connectivity index (χ4n) is 5.33. The topological polar surface area (TPSA) is 75.7 Å². The number of fused-ring (bicyclic) bond motifs is 1. The summed E-state index contributed by atoms with van der Waals surface area (Å²) in [5.74, 6) is -2.03. The maximum Gasteiger partial charge on any atom is 0.326 e. The zero-order valence-electron chi connectivity index (χ0n) is 15.3. The van der Waals surface area contributed by atoms with E-state index in [9.17, 15) is 14.4 Å². The number of rotatable bonds is 3. The number of nitrogens with zero attached hydrogens (tertiary/aromatic N) is 1. The highest BCUT2D eigenvalue weighted by molar-refractivity contribution is 6.09. The average Bonchev–Trinajstić information content (AvgIpc) is 3.33. The number of hydrogen-bond donors (Lipinski definition) is 1. The molecule has 140 valence electrons. The van der Waals surface area contributed by atoms with Gasteiger partial charge in [0.05, 0.1) is 18.9 Å². The van der Waals surface area contributed by atoms with Crippen LogP contribution in [-0.2, 0) is 19.1 Å². The Morgan fingerprint density at radius 3 is 2.42 bits per heavy atom. The van der Waals surface area contributed by atoms with Gasteiger partial charge in [-0.05, 0) is 19.8 Å². The molecule has 2 amide bonds. The summed E-state index contributed by atoms with van der Waals surface area (Å²) in [5, 5.41) is 3.30. The molecule has 4 atom stereocenters. The quantitative estimate of drug-likeness (QED) is 0.612. The van der Waals surface area contributed by atoms with E-state index in [-0.39, 0.29) is 29.8 Å². The second-order valence-corrected chi connectivity index (χ2v) is 8.05. The van der Waals surface area contributed by atoms with Gasteiger partial charge in [-0.25, -0.2) is 0 Å². The number of nitrogens with one attached hydrogen (secondary N) is 1. The normalized spacial score (nSPS) is 37.6. The molecule has 6 nitrogen and oxygen atoms in total. The van der Waals surface area contributed by atoms with Crippen molar-refractivity contribution >= 4 is 17.8 Å². The summed E-state index contributed by atoms with van der Waals surface area (Å²) in [7, 11) is 1.33. The zero-order chi connectivity index (χ0) is 18.5. The third-order valence-corrected chi connectivity index (χ3v) is 6.60. The number of likely N-dealkylation sites (tertiary alicyclic amines) is 1. The molecule has 0 bridgehead atoms. The van der Waals surface area contributed by atoms with Crippen LogP contribution in [0.2, 0.25) is 0 Å². The lowest BCUT2D eigenvalue weighted by molar-refractivity contribution is -0.154. The molecule has 0 aromatic carbocycles. The van der Waals surface area contributed by atoms with Crippen molar-refractivity contribution in [2.45, 2.75) is 56.7 Å². The van der Waals surface area contributed by atoms with Gasteiger partial charge in [0.1, 0.15) is 5.54 Å². The Balaban J connectivity index is 1.72. The number of carbonyl (C=O) groups is 3. The van der Waals surface area contributed by atoms with Crippen molar-refractivity contribution in [3.8, 4) is 0 Å². The predicted molar refractivity (Wildman–Crippen MR) is 94.8 cm³/mol. The van der Waals surface area contributed by atoms with Gasteiger partial charge in [0.2, 0.25) is 11.8 Å². The maximum atomic E-state index is 13.3. The monoisotopic (exact) mass is 358 g/mol. The number of methoxy groups -OCH3 is 1. The molecule has 0 aromatic heterocycles. The van der Waals surface area contributed by atoms with Crippen LogP contribution in [0.15, 0.2) is 24.3 Å². The van der Waals surface area contributed by atoms with Crippen molar-refractivity contribution in [1.29, 1.82) is 0 Å². The molecular weight excluding hydrogens is 332 g/mol. The van der Waals surface area contributed by atoms with Crippen LogP contribution in [-0.4, -0.2) is 47.4 Å². The van der Waals surface area contributed by atoms with Gasteiger partial charge in [-0.1, -0.05) is 43.6 Å². The second-order valence-electron chi connectivity index (χ2n) is 8.05. The molecule has 3 fully saturated rings.